The van der Waals surface area contributed by atoms with E-state index >= 15 is 0 Å². The monoisotopic (exact) mass is 245 g/mol. The van der Waals surface area contributed by atoms with Gasteiger partial charge in [0.2, 0.25) is 0 Å². The van der Waals surface area contributed by atoms with E-state index in [1.165, 1.54) is 37.1 Å². The van der Waals surface area contributed by atoms with Crippen LogP contribution in [0.5, 0.6) is 0 Å². The number of benzene rings is 1. The van der Waals surface area contributed by atoms with Gasteiger partial charge in [0, 0.05) is 18.8 Å². The molecule has 2 aliphatic rings. The molecule has 0 bridgehead atoms. The van der Waals surface area contributed by atoms with Crippen LogP contribution in [-0.4, -0.2) is 18.2 Å². The van der Waals surface area contributed by atoms with Crippen LogP contribution in [0.15, 0.2) is 18.2 Å². The Hall–Kier alpha value is -1.02. The fourth-order valence-corrected chi connectivity index (χ4v) is 3.03. The van der Waals surface area contributed by atoms with Crippen LogP contribution in [0.3, 0.4) is 0 Å². The van der Waals surface area contributed by atoms with E-state index in [1.54, 1.807) is 0 Å². The molecule has 98 valence electrons. The quantitative estimate of drug-likeness (QED) is 0.884. The van der Waals surface area contributed by atoms with Gasteiger partial charge < -0.3 is 10.0 Å². The Morgan fingerprint density at radius 3 is 2.72 bits per heavy atom. The normalized spacial score (nSPS) is 19.8. The van der Waals surface area contributed by atoms with Gasteiger partial charge in [-0.05, 0) is 56.2 Å². The first-order chi connectivity index (χ1) is 8.54. The molecule has 2 heteroatoms. The molecule has 0 amide bonds. The van der Waals surface area contributed by atoms with Crippen LogP contribution in [0, 0.1) is 5.92 Å². The molecular formula is C16H23NO. The Labute approximate surface area is 110 Å². The van der Waals surface area contributed by atoms with E-state index in [-0.39, 0.29) is 0 Å². The van der Waals surface area contributed by atoms with Crippen LogP contribution in [0.1, 0.15) is 44.2 Å². The maximum Gasteiger partial charge on any atom is 0.0840 e. The number of fused-ring (bicyclic) bond motifs is 1. The van der Waals surface area contributed by atoms with E-state index in [2.05, 4.69) is 23.1 Å². The molecule has 1 saturated carbocycles. The summed E-state index contributed by atoms with van der Waals surface area (Å²) in [6, 6.07) is 6.47. The average Bonchev–Trinajstić information content (AvgIpc) is 2.64. The number of hydrogen-bond acceptors (Lipinski definition) is 2. The van der Waals surface area contributed by atoms with Crippen molar-refractivity contribution in [1.82, 2.24) is 0 Å². The summed E-state index contributed by atoms with van der Waals surface area (Å²) in [5, 5.41) is 10.1. The van der Waals surface area contributed by atoms with Gasteiger partial charge in [-0.15, -0.1) is 0 Å². The largest absolute Gasteiger partial charge is 0.386 e. The summed E-state index contributed by atoms with van der Waals surface area (Å²) in [6.07, 6.45) is 5.37. The SMILES string of the molecule is CC(C)(O)c1ccc2c(c1)CCN2CC1CCC1. The first-order valence-corrected chi connectivity index (χ1v) is 7.15. The smallest absolute Gasteiger partial charge is 0.0840 e. The van der Waals surface area contributed by atoms with Crippen molar-refractivity contribution >= 4 is 5.69 Å². The molecule has 18 heavy (non-hydrogen) atoms. The van der Waals surface area contributed by atoms with E-state index < -0.39 is 5.60 Å². The Kier molecular flexibility index (Phi) is 2.86. The van der Waals surface area contributed by atoms with Crippen molar-refractivity contribution < 1.29 is 5.11 Å². The topological polar surface area (TPSA) is 23.5 Å². The predicted molar refractivity (Wildman–Crippen MR) is 74.9 cm³/mol. The minimum atomic E-state index is -0.726. The standard InChI is InChI=1S/C16H23NO/c1-16(2,18)14-6-7-15-13(10-14)8-9-17(15)11-12-4-3-5-12/h6-7,10,12,18H,3-5,8-9,11H2,1-2H3. The molecule has 2 nitrogen and oxygen atoms in total. The van der Waals surface area contributed by atoms with Gasteiger partial charge in [0.1, 0.15) is 0 Å². The molecule has 1 aromatic rings. The predicted octanol–water partition coefficient (Wildman–Crippen LogP) is 3.08. The van der Waals surface area contributed by atoms with Crippen LogP contribution < -0.4 is 4.90 Å². The van der Waals surface area contributed by atoms with Crippen molar-refractivity contribution in [1.29, 1.82) is 0 Å². The molecule has 0 radical (unpaired) electrons. The highest BCUT2D eigenvalue weighted by Gasteiger charge is 2.26. The molecule has 0 spiro atoms. The van der Waals surface area contributed by atoms with Crippen LogP contribution in [0.4, 0.5) is 5.69 Å². The highest BCUT2D eigenvalue weighted by Crippen LogP contribution is 2.35. The summed E-state index contributed by atoms with van der Waals surface area (Å²) >= 11 is 0. The summed E-state index contributed by atoms with van der Waals surface area (Å²) < 4.78 is 0. The first kappa shape index (κ1) is 12.0. The van der Waals surface area contributed by atoms with Crippen LogP contribution >= 0.6 is 0 Å². The summed E-state index contributed by atoms with van der Waals surface area (Å²) in [6.45, 7) is 6.10. The molecule has 0 saturated heterocycles. The Morgan fingerprint density at radius 1 is 1.33 bits per heavy atom. The summed E-state index contributed by atoms with van der Waals surface area (Å²) in [5.41, 5.74) is 3.12. The number of anilines is 1. The van der Waals surface area contributed by atoms with E-state index in [1.807, 2.05) is 13.8 Å². The van der Waals surface area contributed by atoms with Gasteiger partial charge >= 0.3 is 0 Å². The zero-order chi connectivity index (χ0) is 12.8. The van der Waals surface area contributed by atoms with Crippen molar-refractivity contribution in [3.63, 3.8) is 0 Å². The average molecular weight is 245 g/mol. The van der Waals surface area contributed by atoms with Crippen molar-refractivity contribution in [2.45, 2.75) is 45.1 Å². The van der Waals surface area contributed by atoms with Gasteiger partial charge in [-0.2, -0.15) is 0 Å². The zero-order valence-electron chi connectivity index (χ0n) is 11.4. The lowest BCUT2D eigenvalue weighted by atomic mass is 9.85. The minimum absolute atomic E-state index is 0.726. The highest BCUT2D eigenvalue weighted by molar-refractivity contribution is 5.59. The van der Waals surface area contributed by atoms with E-state index in [0.29, 0.717) is 0 Å². The minimum Gasteiger partial charge on any atom is -0.386 e. The Bertz CT molecular complexity index is 443. The van der Waals surface area contributed by atoms with E-state index in [4.69, 9.17) is 0 Å². The number of hydrogen-bond donors (Lipinski definition) is 1. The Balaban J connectivity index is 1.80. The maximum atomic E-state index is 10.1. The van der Waals surface area contributed by atoms with Gasteiger partial charge in [-0.1, -0.05) is 18.6 Å². The molecule has 3 rings (SSSR count). The van der Waals surface area contributed by atoms with Crippen molar-refractivity contribution in [3.8, 4) is 0 Å². The molecule has 1 aliphatic heterocycles. The fourth-order valence-electron chi connectivity index (χ4n) is 3.03. The lowest BCUT2D eigenvalue weighted by molar-refractivity contribution is 0.0785. The number of nitrogens with zero attached hydrogens (tertiary/aromatic N) is 1. The third kappa shape index (κ3) is 2.14. The van der Waals surface area contributed by atoms with E-state index in [9.17, 15) is 5.11 Å². The second-order valence-corrected chi connectivity index (χ2v) is 6.40. The molecule has 1 N–H and O–H groups in total. The molecule has 1 fully saturated rings. The van der Waals surface area contributed by atoms with Gasteiger partial charge in [0.15, 0.2) is 0 Å². The van der Waals surface area contributed by atoms with Crippen molar-refractivity contribution in [3.05, 3.63) is 29.3 Å². The van der Waals surface area contributed by atoms with Gasteiger partial charge in [-0.3, -0.25) is 0 Å². The van der Waals surface area contributed by atoms with Crippen LogP contribution in [-0.2, 0) is 12.0 Å². The van der Waals surface area contributed by atoms with Gasteiger partial charge in [0.25, 0.3) is 0 Å². The summed E-state index contributed by atoms with van der Waals surface area (Å²) in [5.74, 6) is 0.921. The van der Waals surface area contributed by atoms with E-state index in [0.717, 1.165) is 24.4 Å². The molecular weight excluding hydrogens is 222 g/mol. The molecule has 0 unspecified atom stereocenters. The second-order valence-electron chi connectivity index (χ2n) is 6.40. The Morgan fingerprint density at radius 2 is 2.11 bits per heavy atom. The van der Waals surface area contributed by atoms with Crippen LogP contribution in [0.25, 0.3) is 0 Å². The summed E-state index contributed by atoms with van der Waals surface area (Å²) in [7, 11) is 0. The molecule has 0 aromatic heterocycles. The fraction of sp³-hybridized carbons (Fsp3) is 0.625. The lowest BCUT2D eigenvalue weighted by Gasteiger charge is -2.31. The number of aliphatic hydroxyl groups is 1. The molecule has 1 aliphatic carbocycles. The van der Waals surface area contributed by atoms with Crippen molar-refractivity contribution in [2.24, 2.45) is 5.92 Å². The zero-order valence-corrected chi connectivity index (χ0v) is 11.4. The van der Waals surface area contributed by atoms with Crippen molar-refractivity contribution in [2.75, 3.05) is 18.0 Å². The molecule has 1 heterocycles. The molecule has 0 atom stereocenters. The number of rotatable bonds is 3. The van der Waals surface area contributed by atoms with Crippen LogP contribution in [0.2, 0.25) is 0 Å². The van der Waals surface area contributed by atoms with Gasteiger partial charge in [-0.25, -0.2) is 0 Å². The maximum absolute atomic E-state index is 10.1. The summed E-state index contributed by atoms with van der Waals surface area (Å²) in [4.78, 5) is 2.54. The highest BCUT2D eigenvalue weighted by atomic mass is 16.3. The lowest BCUT2D eigenvalue weighted by Crippen LogP contribution is -2.31. The third-order valence-electron chi connectivity index (χ3n) is 4.48. The van der Waals surface area contributed by atoms with Gasteiger partial charge in [0.05, 0.1) is 5.60 Å². The molecule has 1 aromatic carbocycles. The second kappa shape index (κ2) is 4.27. The third-order valence-corrected chi connectivity index (χ3v) is 4.48. The first-order valence-electron chi connectivity index (χ1n) is 7.15.